The fourth-order valence-corrected chi connectivity index (χ4v) is 3.82. The summed E-state index contributed by atoms with van der Waals surface area (Å²) < 4.78 is 71.8. The Morgan fingerprint density at radius 3 is 1.76 bits per heavy atom. The van der Waals surface area contributed by atoms with E-state index in [1.165, 1.54) is 12.1 Å². The summed E-state index contributed by atoms with van der Waals surface area (Å²) in [5.41, 5.74) is 1.54. The van der Waals surface area contributed by atoms with E-state index in [9.17, 15) is 22.0 Å². The Balaban J connectivity index is 1.76. The Hall–Kier alpha value is -4.26. The largest absolute Gasteiger partial charge is 0.354 e. The van der Waals surface area contributed by atoms with Crippen LogP contribution in [0.5, 0.6) is 0 Å². The number of aliphatic imine (C=N–C) groups is 1. The minimum absolute atomic E-state index is 0.0588. The van der Waals surface area contributed by atoms with Crippen LogP contribution in [0.15, 0.2) is 95.6 Å². The van der Waals surface area contributed by atoms with Crippen molar-refractivity contribution in [1.82, 2.24) is 4.98 Å². The molecule has 0 spiro atoms. The number of halogens is 5. The van der Waals surface area contributed by atoms with E-state index in [-0.39, 0.29) is 17.0 Å². The highest BCUT2D eigenvalue weighted by atomic mass is 19.2. The molecule has 1 aliphatic rings. The molecule has 1 aromatic heterocycles. The number of benzene rings is 3. The summed E-state index contributed by atoms with van der Waals surface area (Å²) >= 11 is 0. The maximum absolute atomic E-state index is 14.9. The quantitative estimate of drug-likeness (QED) is 0.189. The van der Waals surface area contributed by atoms with Crippen molar-refractivity contribution < 1.29 is 22.0 Å². The lowest BCUT2D eigenvalue weighted by molar-refractivity contribution is 0.376. The van der Waals surface area contributed by atoms with Crippen molar-refractivity contribution in [3.05, 3.63) is 137 Å². The summed E-state index contributed by atoms with van der Waals surface area (Å²) in [7, 11) is 0. The van der Waals surface area contributed by atoms with Crippen molar-refractivity contribution in [2.24, 2.45) is 4.99 Å². The Labute approximate surface area is 191 Å². The molecule has 1 N–H and O–H groups in total. The molecule has 0 unspecified atom stereocenters. The first-order valence-corrected chi connectivity index (χ1v) is 10.3. The molecular formula is C27H15F5N2. The van der Waals surface area contributed by atoms with Crippen LogP contribution in [-0.4, -0.2) is 10.7 Å². The van der Waals surface area contributed by atoms with Crippen LogP contribution < -0.4 is 0 Å². The van der Waals surface area contributed by atoms with E-state index >= 15 is 0 Å². The molecule has 2 heterocycles. The van der Waals surface area contributed by atoms with Crippen LogP contribution in [0, 0.1) is 29.1 Å². The van der Waals surface area contributed by atoms with Crippen molar-refractivity contribution in [2.75, 3.05) is 0 Å². The molecule has 7 heteroatoms. The van der Waals surface area contributed by atoms with Gasteiger partial charge in [-0.15, -0.1) is 0 Å². The van der Waals surface area contributed by atoms with Gasteiger partial charge in [0, 0.05) is 22.5 Å². The van der Waals surface area contributed by atoms with E-state index in [1.54, 1.807) is 36.4 Å². The molecule has 0 saturated heterocycles. The number of nitrogens with zero attached hydrogens (tertiary/aromatic N) is 1. The zero-order valence-electron chi connectivity index (χ0n) is 17.4. The molecule has 34 heavy (non-hydrogen) atoms. The highest BCUT2D eigenvalue weighted by molar-refractivity contribution is 6.12. The van der Waals surface area contributed by atoms with E-state index < -0.39 is 34.6 Å². The first kappa shape index (κ1) is 21.6. The van der Waals surface area contributed by atoms with Gasteiger partial charge in [0.05, 0.1) is 17.0 Å². The lowest BCUT2D eigenvalue weighted by Crippen LogP contribution is -2.08. The molecule has 0 radical (unpaired) electrons. The lowest BCUT2D eigenvalue weighted by Gasteiger charge is -2.13. The van der Waals surface area contributed by atoms with Crippen molar-refractivity contribution in [3.8, 4) is 11.3 Å². The molecule has 0 fully saturated rings. The van der Waals surface area contributed by atoms with Crippen LogP contribution in [0.2, 0.25) is 0 Å². The van der Waals surface area contributed by atoms with Gasteiger partial charge in [0.25, 0.3) is 0 Å². The van der Waals surface area contributed by atoms with Crippen LogP contribution in [0.25, 0.3) is 16.8 Å². The number of hydrogen-bond acceptors (Lipinski definition) is 1. The molecule has 0 atom stereocenters. The van der Waals surface area contributed by atoms with Gasteiger partial charge in [0.15, 0.2) is 23.3 Å². The smallest absolute Gasteiger partial charge is 0.200 e. The monoisotopic (exact) mass is 462 g/mol. The molecule has 3 aromatic carbocycles. The number of aromatic nitrogens is 1. The molecular weight excluding hydrogens is 447 g/mol. The molecule has 2 nitrogen and oxygen atoms in total. The first-order chi connectivity index (χ1) is 16.5. The van der Waals surface area contributed by atoms with Crippen molar-refractivity contribution in [2.45, 2.75) is 0 Å². The Morgan fingerprint density at radius 2 is 1.15 bits per heavy atom. The topological polar surface area (TPSA) is 28.1 Å². The third-order valence-corrected chi connectivity index (χ3v) is 5.47. The summed E-state index contributed by atoms with van der Waals surface area (Å²) in [5, 5.41) is 0. The normalized spacial score (nSPS) is 14.4. The Kier molecular flexibility index (Phi) is 5.45. The maximum atomic E-state index is 14.9. The van der Waals surface area contributed by atoms with Crippen molar-refractivity contribution in [3.63, 3.8) is 0 Å². The molecule has 1 aliphatic heterocycles. The van der Waals surface area contributed by atoms with E-state index in [1.807, 2.05) is 36.4 Å². The average molecular weight is 462 g/mol. The van der Waals surface area contributed by atoms with Crippen molar-refractivity contribution in [1.29, 1.82) is 0 Å². The second-order valence-corrected chi connectivity index (χ2v) is 7.55. The minimum atomic E-state index is -2.21. The summed E-state index contributed by atoms with van der Waals surface area (Å²) in [6.07, 6.45) is 3.11. The summed E-state index contributed by atoms with van der Waals surface area (Å²) in [5.74, 6) is -10.1. The maximum Gasteiger partial charge on any atom is 0.200 e. The molecule has 5 rings (SSSR count). The average Bonchev–Trinajstić information content (AvgIpc) is 3.56. The molecule has 168 valence electrons. The van der Waals surface area contributed by atoms with Gasteiger partial charge in [0.2, 0.25) is 5.82 Å². The van der Waals surface area contributed by atoms with Gasteiger partial charge < -0.3 is 4.98 Å². The third-order valence-electron chi connectivity index (χ3n) is 5.47. The van der Waals surface area contributed by atoms with Crippen LogP contribution in [-0.2, 0) is 0 Å². The van der Waals surface area contributed by atoms with E-state index in [0.717, 1.165) is 11.1 Å². The highest BCUT2D eigenvalue weighted by Crippen LogP contribution is 2.37. The zero-order valence-corrected chi connectivity index (χ0v) is 17.4. The van der Waals surface area contributed by atoms with Gasteiger partial charge in [-0.1, -0.05) is 60.7 Å². The zero-order chi connectivity index (χ0) is 23.8. The number of hydrogen-bond donors (Lipinski definition) is 1. The first-order valence-electron chi connectivity index (χ1n) is 10.3. The molecule has 0 bridgehead atoms. The summed E-state index contributed by atoms with van der Waals surface area (Å²) in [6, 6.07) is 21.3. The fourth-order valence-electron chi connectivity index (χ4n) is 3.82. The Morgan fingerprint density at radius 1 is 0.588 bits per heavy atom. The number of aromatic amines is 1. The lowest BCUT2D eigenvalue weighted by atomic mass is 9.98. The van der Waals surface area contributed by atoms with Gasteiger partial charge in [0.1, 0.15) is 0 Å². The fraction of sp³-hybridized carbons (Fsp3) is 0. The van der Waals surface area contributed by atoms with Gasteiger partial charge in [-0.25, -0.2) is 26.9 Å². The SMILES string of the molecule is Fc1c(F)c(F)c(/C(=C2\C=CC(c3ccccc3)=N2)c2ccc(-c3ccccc3)[nH]2)c(F)c1F. The van der Waals surface area contributed by atoms with E-state index in [2.05, 4.69) is 9.98 Å². The number of H-pyrrole nitrogens is 1. The van der Waals surface area contributed by atoms with Gasteiger partial charge in [-0.2, -0.15) is 0 Å². The summed E-state index contributed by atoms with van der Waals surface area (Å²) in [6.45, 7) is 0. The minimum Gasteiger partial charge on any atom is -0.354 e. The second kappa shape index (κ2) is 8.59. The number of rotatable bonds is 4. The van der Waals surface area contributed by atoms with Gasteiger partial charge >= 0.3 is 0 Å². The molecule has 0 saturated carbocycles. The summed E-state index contributed by atoms with van der Waals surface area (Å²) in [4.78, 5) is 7.49. The van der Waals surface area contributed by atoms with E-state index in [4.69, 9.17) is 0 Å². The molecule has 4 aromatic rings. The Bertz CT molecular complexity index is 1450. The number of allylic oxidation sites excluding steroid dienone is 2. The second-order valence-electron chi connectivity index (χ2n) is 7.55. The van der Waals surface area contributed by atoms with Crippen LogP contribution >= 0.6 is 0 Å². The molecule has 0 aliphatic carbocycles. The van der Waals surface area contributed by atoms with Gasteiger partial charge in [-0.3, -0.25) is 0 Å². The van der Waals surface area contributed by atoms with Crippen LogP contribution in [0.1, 0.15) is 16.8 Å². The van der Waals surface area contributed by atoms with E-state index in [0.29, 0.717) is 11.4 Å². The molecule has 0 amide bonds. The van der Waals surface area contributed by atoms with Gasteiger partial charge in [-0.05, 0) is 29.8 Å². The number of nitrogens with one attached hydrogen (secondary N) is 1. The van der Waals surface area contributed by atoms with Crippen LogP contribution in [0.4, 0.5) is 22.0 Å². The van der Waals surface area contributed by atoms with Crippen molar-refractivity contribution >= 4 is 11.3 Å². The third kappa shape index (κ3) is 3.65. The predicted molar refractivity (Wildman–Crippen MR) is 121 cm³/mol. The standard InChI is InChI=1S/C27H15F5N2/c28-23-22(24(29)26(31)27(32)25(23)30)21(19-13-11-17(33-19)15-7-3-1-4-8-15)20-14-12-18(34-20)16-9-5-2-6-10-16/h1-14,33H/b21-20+. The predicted octanol–water partition coefficient (Wildman–Crippen LogP) is 7.20. The van der Waals surface area contributed by atoms with Crippen LogP contribution in [0.3, 0.4) is 0 Å². The highest BCUT2D eigenvalue weighted by Gasteiger charge is 2.31.